The van der Waals surface area contributed by atoms with Gasteiger partial charge in [-0.05, 0) is 36.2 Å². The molecule has 1 aromatic heterocycles. The van der Waals surface area contributed by atoms with Crippen LogP contribution < -0.4 is 10.2 Å². The summed E-state index contributed by atoms with van der Waals surface area (Å²) in [5.41, 5.74) is 1.76. The fourth-order valence-corrected chi connectivity index (χ4v) is 3.67. The SMILES string of the molecule is CCN1CCN(c2ccc(NC(=O)c3cccs3)cc2Cl)CC1. The fraction of sp³-hybridized carbons (Fsp3) is 0.353. The van der Waals surface area contributed by atoms with Crippen LogP contribution in [-0.2, 0) is 0 Å². The van der Waals surface area contributed by atoms with Gasteiger partial charge in [-0.1, -0.05) is 24.6 Å². The first-order valence-corrected chi connectivity index (χ1v) is 9.05. The zero-order valence-electron chi connectivity index (χ0n) is 13.1. The molecule has 1 N–H and O–H groups in total. The maximum absolute atomic E-state index is 12.1. The summed E-state index contributed by atoms with van der Waals surface area (Å²) in [6.07, 6.45) is 0. The zero-order valence-corrected chi connectivity index (χ0v) is 14.7. The van der Waals surface area contributed by atoms with Gasteiger partial charge in [-0.15, -0.1) is 11.3 Å². The molecule has 0 bridgehead atoms. The summed E-state index contributed by atoms with van der Waals surface area (Å²) in [5.74, 6) is -0.0969. The van der Waals surface area contributed by atoms with Gasteiger partial charge >= 0.3 is 0 Å². The molecule has 0 saturated carbocycles. The third kappa shape index (κ3) is 3.86. The molecule has 1 aliphatic heterocycles. The molecule has 1 amide bonds. The predicted molar refractivity (Wildman–Crippen MR) is 98.1 cm³/mol. The minimum absolute atomic E-state index is 0.0969. The van der Waals surface area contributed by atoms with Gasteiger partial charge in [-0.2, -0.15) is 0 Å². The molecular weight excluding hydrogens is 330 g/mol. The van der Waals surface area contributed by atoms with E-state index in [2.05, 4.69) is 22.0 Å². The van der Waals surface area contributed by atoms with Crippen molar-refractivity contribution >= 4 is 40.2 Å². The first-order valence-electron chi connectivity index (χ1n) is 7.79. The number of carbonyl (C=O) groups is 1. The van der Waals surface area contributed by atoms with Crippen molar-refractivity contribution in [2.24, 2.45) is 0 Å². The second kappa shape index (κ2) is 7.34. The summed E-state index contributed by atoms with van der Waals surface area (Å²) < 4.78 is 0. The van der Waals surface area contributed by atoms with E-state index in [9.17, 15) is 4.79 Å². The highest BCUT2D eigenvalue weighted by atomic mass is 35.5. The van der Waals surface area contributed by atoms with Crippen LogP contribution in [0.1, 0.15) is 16.6 Å². The van der Waals surface area contributed by atoms with E-state index in [0.29, 0.717) is 9.90 Å². The molecule has 4 nitrogen and oxygen atoms in total. The molecule has 0 unspecified atom stereocenters. The van der Waals surface area contributed by atoms with Gasteiger partial charge in [-0.25, -0.2) is 0 Å². The number of nitrogens with zero attached hydrogens (tertiary/aromatic N) is 2. The number of halogens is 1. The van der Waals surface area contributed by atoms with E-state index >= 15 is 0 Å². The number of hydrogen-bond donors (Lipinski definition) is 1. The summed E-state index contributed by atoms with van der Waals surface area (Å²) in [6, 6.07) is 9.41. The van der Waals surface area contributed by atoms with E-state index in [0.717, 1.165) is 44.1 Å². The van der Waals surface area contributed by atoms with Crippen molar-refractivity contribution in [2.45, 2.75) is 6.92 Å². The highest BCUT2D eigenvalue weighted by Gasteiger charge is 2.18. The van der Waals surface area contributed by atoms with Crippen molar-refractivity contribution in [2.75, 3.05) is 42.9 Å². The monoisotopic (exact) mass is 349 g/mol. The average Bonchev–Trinajstić information content (AvgIpc) is 3.10. The van der Waals surface area contributed by atoms with Gasteiger partial charge in [0.2, 0.25) is 0 Å². The molecule has 23 heavy (non-hydrogen) atoms. The van der Waals surface area contributed by atoms with E-state index in [4.69, 9.17) is 11.6 Å². The van der Waals surface area contributed by atoms with Crippen LogP contribution in [0.2, 0.25) is 5.02 Å². The van der Waals surface area contributed by atoms with Crippen molar-refractivity contribution in [3.8, 4) is 0 Å². The van der Waals surface area contributed by atoms with Gasteiger partial charge in [0, 0.05) is 31.9 Å². The Kier molecular flexibility index (Phi) is 5.20. The molecule has 6 heteroatoms. The van der Waals surface area contributed by atoms with Crippen LogP contribution in [0.4, 0.5) is 11.4 Å². The highest BCUT2D eigenvalue weighted by Crippen LogP contribution is 2.30. The molecule has 1 aliphatic rings. The average molecular weight is 350 g/mol. The number of thiophene rings is 1. The Balaban J connectivity index is 1.67. The third-order valence-corrected chi connectivity index (χ3v) is 5.28. The zero-order chi connectivity index (χ0) is 16.2. The Labute approximate surface area is 145 Å². The molecule has 0 spiro atoms. The van der Waals surface area contributed by atoms with Crippen LogP contribution in [-0.4, -0.2) is 43.5 Å². The summed E-state index contributed by atoms with van der Waals surface area (Å²) >= 11 is 7.86. The van der Waals surface area contributed by atoms with E-state index < -0.39 is 0 Å². The predicted octanol–water partition coefficient (Wildman–Crippen LogP) is 3.80. The second-order valence-electron chi connectivity index (χ2n) is 5.52. The smallest absolute Gasteiger partial charge is 0.265 e. The van der Waals surface area contributed by atoms with Crippen molar-refractivity contribution < 1.29 is 4.79 Å². The Morgan fingerprint density at radius 1 is 1.26 bits per heavy atom. The lowest BCUT2D eigenvalue weighted by molar-refractivity contribution is 0.103. The molecule has 2 heterocycles. The molecule has 1 saturated heterocycles. The van der Waals surface area contributed by atoms with E-state index in [1.165, 1.54) is 11.3 Å². The van der Waals surface area contributed by atoms with Crippen LogP contribution in [0, 0.1) is 0 Å². The number of amides is 1. The number of hydrogen-bond acceptors (Lipinski definition) is 4. The van der Waals surface area contributed by atoms with Crippen molar-refractivity contribution in [1.29, 1.82) is 0 Å². The standard InChI is InChI=1S/C17H20ClN3OS/c1-2-20-7-9-21(10-8-20)15-6-5-13(12-14(15)18)19-17(22)16-4-3-11-23-16/h3-6,11-12H,2,7-10H2,1H3,(H,19,22). The summed E-state index contributed by atoms with van der Waals surface area (Å²) in [4.78, 5) is 17.5. The number of anilines is 2. The van der Waals surface area contributed by atoms with E-state index in [-0.39, 0.29) is 5.91 Å². The molecule has 0 atom stereocenters. The minimum Gasteiger partial charge on any atom is -0.368 e. The molecule has 122 valence electrons. The number of piperazine rings is 1. The molecule has 0 aliphatic carbocycles. The van der Waals surface area contributed by atoms with Crippen LogP contribution >= 0.6 is 22.9 Å². The van der Waals surface area contributed by atoms with Crippen molar-refractivity contribution in [3.05, 3.63) is 45.6 Å². The number of nitrogens with one attached hydrogen (secondary N) is 1. The molecule has 3 rings (SSSR count). The summed E-state index contributed by atoms with van der Waals surface area (Å²) in [5, 5.41) is 5.46. The lowest BCUT2D eigenvalue weighted by Gasteiger charge is -2.36. The fourth-order valence-electron chi connectivity index (χ4n) is 2.75. The van der Waals surface area contributed by atoms with Crippen LogP contribution in [0.3, 0.4) is 0 Å². The molecule has 1 fully saturated rings. The number of likely N-dealkylation sites (N-methyl/N-ethyl adjacent to an activating group) is 1. The quantitative estimate of drug-likeness (QED) is 0.912. The van der Waals surface area contributed by atoms with Gasteiger partial charge in [0.05, 0.1) is 15.6 Å². The van der Waals surface area contributed by atoms with E-state index in [1.807, 2.05) is 35.7 Å². The molecular formula is C17H20ClN3OS. The van der Waals surface area contributed by atoms with Gasteiger partial charge in [-0.3, -0.25) is 4.79 Å². The molecule has 1 aromatic carbocycles. The first kappa shape index (κ1) is 16.3. The number of benzene rings is 1. The van der Waals surface area contributed by atoms with Crippen LogP contribution in [0.25, 0.3) is 0 Å². The second-order valence-corrected chi connectivity index (χ2v) is 6.87. The van der Waals surface area contributed by atoms with Crippen LogP contribution in [0.5, 0.6) is 0 Å². The maximum Gasteiger partial charge on any atom is 0.265 e. The lowest BCUT2D eigenvalue weighted by atomic mass is 10.2. The molecule has 0 radical (unpaired) electrons. The largest absolute Gasteiger partial charge is 0.368 e. The topological polar surface area (TPSA) is 35.6 Å². The Bertz CT molecular complexity index is 666. The maximum atomic E-state index is 12.1. The summed E-state index contributed by atoms with van der Waals surface area (Å²) in [6.45, 7) is 7.36. The van der Waals surface area contributed by atoms with E-state index in [1.54, 1.807) is 0 Å². The van der Waals surface area contributed by atoms with Crippen molar-refractivity contribution in [1.82, 2.24) is 4.90 Å². The van der Waals surface area contributed by atoms with Crippen LogP contribution in [0.15, 0.2) is 35.7 Å². The van der Waals surface area contributed by atoms with Gasteiger partial charge in [0.25, 0.3) is 5.91 Å². The van der Waals surface area contributed by atoms with Crippen molar-refractivity contribution in [3.63, 3.8) is 0 Å². The molecule has 2 aromatic rings. The Morgan fingerprint density at radius 3 is 2.65 bits per heavy atom. The number of carbonyl (C=O) groups excluding carboxylic acids is 1. The summed E-state index contributed by atoms with van der Waals surface area (Å²) in [7, 11) is 0. The highest BCUT2D eigenvalue weighted by molar-refractivity contribution is 7.12. The van der Waals surface area contributed by atoms with Gasteiger partial charge < -0.3 is 15.1 Å². The Hall–Kier alpha value is -1.56. The normalized spacial score (nSPS) is 15.7. The van der Waals surface area contributed by atoms with Gasteiger partial charge in [0.15, 0.2) is 0 Å². The number of rotatable bonds is 4. The third-order valence-electron chi connectivity index (χ3n) is 4.11. The first-order chi connectivity index (χ1) is 11.2. The Morgan fingerprint density at radius 2 is 2.04 bits per heavy atom. The lowest BCUT2D eigenvalue weighted by Crippen LogP contribution is -2.46. The van der Waals surface area contributed by atoms with Gasteiger partial charge in [0.1, 0.15) is 0 Å². The minimum atomic E-state index is -0.0969.